The van der Waals surface area contributed by atoms with Crippen molar-refractivity contribution in [1.82, 2.24) is 5.43 Å². The van der Waals surface area contributed by atoms with Crippen molar-refractivity contribution in [2.45, 2.75) is 39.7 Å². The zero-order valence-electron chi connectivity index (χ0n) is 14.8. The molecule has 1 amide bonds. The van der Waals surface area contributed by atoms with Crippen molar-refractivity contribution in [3.63, 3.8) is 0 Å². The van der Waals surface area contributed by atoms with Crippen molar-refractivity contribution in [2.24, 2.45) is 5.10 Å². The van der Waals surface area contributed by atoms with Gasteiger partial charge in [0.2, 0.25) is 0 Å². The Morgan fingerprint density at radius 2 is 1.88 bits per heavy atom. The zero-order chi connectivity index (χ0) is 18.2. The average Bonchev–Trinajstić information content (AvgIpc) is 2.62. The van der Waals surface area contributed by atoms with E-state index in [1.165, 1.54) is 0 Å². The van der Waals surface area contributed by atoms with E-state index in [0.29, 0.717) is 11.4 Å². The fourth-order valence-corrected chi connectivity index (χ4v) is 2.74. The Labute approximate surface area is 154 Å². The second-order valence-corrected chi connectivity index (χ2v) is 6.25. The van der Waals surface area contributed by atoms with Gasteiger partial charge in [-0.15, -0.1) is 0 Å². The van der Waals surface area contributed by atoms with Gasteiger partial charge in [0.05, 0.1) is 5.71 Å². The molecule has 0 spiro atoms. The molecule has 2 N–H and O–H groups in total. The first kappa shape index (κ1) is 19.0. The van der Waals surface area contributed by atoms with E-state index in [4.69, 9.17) is 11.6 Å². The normalized spacial score (nSPS) is 12.6. The number of halogens is 1. The number of benzene rings is 2. The fraction of sp³-hybridized carbons (Fsp3) is 0.300. The van der Waals surface area contributed by atoms with Gasteiger partial charge in [0.1, 0.15) is 6.04 Å². The van der Waals surface area contributed by atoms with E-state index >= 15 is 0 Å². The van der Waals surface area contributed by atoms with Crippen LogP contribution in [0.1, 0.15) is 37.8 Å². The molecule has 0 saturated carbocycles. The third kappa shape index (κ3) is 5.33. The summed E-state index contributed by atoms with van der Waals surface area (Å²) in [6.07, 6.45) is 1.39. The summed E-state index contributed by atoms with van der Waals surface area (Å²) in [5.74, 6) is -0.154. The number of hydrazone groups is 1. The topological polar surface area (TPSA) is 53.5 Å². The van der Waals surface area contributed by atoms with Crippen molar-refractivity contribution in [3.8, 4) is 0 Å². The SMILES string of the molecule is CCC(=NNC(=O)[C@@H](CC)Nc1ccc(Cl)cc1C)c1ccccc1. The summed E-state index contributed by atoms with van der Waals surface area (Å²) in [6.45, 7) is 5.94. The highest BCUT2D eigenvalue weighted by molar-refractivity contribution is 6.30. The number of rotatable bonds is 7. The summed E-state index contributed by atoms with van der Waals surface area (Å²) in [7, 11) is 0. The summed E-state index contributed by atoms with van der Waals surface area (Å²) < 4.78 is 0. The summed E-state index contributed by atoms with van der Waals surface area (Å²) in [6, 6.07) is 15.1. The van der Waals surface area contributed by atoms with Crippen molar-refractivity contribution in [2.75, 3.05) is 5.32 Å². The third-order valence-electron chi connectivity index (χ3n) is 3.99. The molecule has 0 aliphatic rings. The molecule has 0 heterocycles. The molecule has 25 heavy (non-hydrogen) atoms. The van der Waals surface area contributed by atoms with Gasteiger partial charge in [-0.1, -0.05) is 55.8 Å². The minimum absolute atomic E-state index is 0.154. The Balaban J connectivity index is 2.07. The number of hydrogen-bond donors (Lipinski definition) is 2. The van der Waals surface area contributed by atoms with Gasteiger partial charge in [0, 0.05) is 10.7 Å². The van der Waals surface area contributed by atoms with Gasteiger partial charge >= 0.3 is 0 Å². The van der Waals surface area contributed by atoms with Gasteiger partial charge in [0.15, 0.2) is 0 Å². The quantitative estimate of drug-likeness (QED) is 0.554. The summed E-state index contributed by atoms with van der Waals surface area (Å²) in [5.41, 5.74) is 6.46. The van der Waals surface area contributed by atoms with Crippen LogP contribution < -0.4 is 10.7 Å². The van der Waals surface area contributed by atoms with E-state index in [9.17, 15) is 4.79 Å². The molecule has 2 aromatic rings. The Bertz CT molecular complexity index is 744. The smallest absolute Gasteiger partial charge is 0.262 e. The number of amides is 1. The fourth-order valence-electron chi connectivity index (χ4n) is 2.51. The lowest BCUT2D eigenvalue weighted by atomic mass is 10.1. The maximum absolute atomic E-state index is 12.5. The van der Waals surface area contributed by atoms with Crippen LogP contribution in [0, 0.1) is 6.92 Å². The largest absolute Gasteiger partial charge is 0.373 e. The molecule has 5 heteroatoms. The van der Waals surface area contributed by atoms with Crippen LogP contribution in [-0.4, -0.2) is 17.7 Å². The van der Waals surface area contributed by atoms with Gasteiger partial charge in [-0.3, -0.25) is 4.79 Å². The van der Waals surface area contributed by atoms with Crippen molar-refractivity contribution >= 4 is 28.9 Å². The Morgan fingerprint density at radius 3 is 2.48 bits per heavy atom. The molecule has 0 aliphatic heterocycles. The lowest BCUT2D eigenvalue weighted by molar-refractivity contribution is -0.121. The standard InChI is InChI=1S/C20H24ClN3O/c1-4-17(15-9-7-6-8-10-15)23-24-20(25)18(5-2)22-19-12-11-16(21)13-14(19)3/h6-13,18,22H,4-5H2,1-3H3,(H,24,25)/t18-/m1/s1. The van der Waals surface area contributed by atoms with Gasteiger partial charge in [-0.25, -0.2) is 5.43 Å². The molecular formula is C20H24ClN3O. The first-order chi connectivity index (χ1) is 12.0. The van der Waals surface area contributed by atoms with Gasteiger partial charge in [-0.05, 0) is 49.1 Å². The van der Waals surface area contributed by atoms with Crippen LogP contribution >= 0.6 is 11.6 Å². The van der Waals surface area contributed by atoms with Gasteiger partial charge in [0.25, 0.3) is 5.91 Å². The molecular weight excluding hydrogens is 334 g/mol. The van der Waals surface area contributed by atoms with E-state index in [1.54, 1.807) is 0 Å². The zero-order valence-corrected chi connectivity index (χ0v) is 15.6. The van der Waals surface area contributed by atoms with Crippen LogP contribution in [0.3, 0.4) is 0 Å². The highest BCUT2D eigenvalue weighted by Crippen LogP contribution is 2.20. The van der Waals surface area contributed by atoms with Crippen molar-refractivity contribution in [1.29, 1.82) is 0 Å². The Hall–Kier alpha value is -2.33. The van der Waals surface area contributed by atoms with Gasteiger partial charge < -0.3 is 5.32 Å². The van der Waals surface area contributed by atoms with Crippen molar-refractivity contribution < 1.29 is 4.79 Å². The molecule has 4 nitrogen and oxygen atoms in total. The highest BCUT2D eigenvalue weighted by atomic mass is 35.5. The van der Waals surface area contributed by atoms with Gasteiger partial charge in [-0.2, -0.15) is 5.10 Å². The number of hydrogen-bond acceptors (Lipinski definition) is 3. The maximum Gasteiger partial charge on any atom is 0.262 e. The summed E-state index contributed by atoms with van der Waals surface area (Å²) in [5, 5.41) is 8.26. The lowest BCUT2D eigenvalue weighted by Gasteiger charge is -2.18. The molecule has 0 fully saturated rings. The number of aryl methyl sites for hydroxylation is 1. The summed E-state index contributed by atoms with van der Waals surface area (Å²) >= 11 is 5.98. The highest BCUT2D eigenvalue weighted by Gasteiger charge is 2.17. The molecule has 2 aromatic carbocycles. The van der Waals surface area contributed by atoms with Crippen LogP contribution in [0.25, 0.3) is 0 Å². The first-order valence-corrected chi connectivity index (χ1v) is 8.87. The minimum Gasteiger partial charge on any atom is -0.373 e. The minimum atomic E-state index is -0.363. The molecule has 0 saturated heterocycles. The number of nitrogens with zero attached hydrogens (tertiary/aromatic N) is 1. The van der Waals surface area contributed by atoms with E-state index < -0.39 is 0 Å². The molecule has 0 aromatic heterocycles. The molecule has 0 bridgehead atoms. The predicted molar refractivity (Wildman–Crippen MR) is 105 cm³/mol. The van der Waals surface area contributed by atoms with Crippen LogP contribution in [0.5, 0.6) is 0 Å². The van der Waals surface area contributed by atoms with Crippen molar-refractivity contribution in [3.05, 3.63) is 64.7 Å². The van der Waals surface area contributed by atoms with Crippen LogP contribution in [0.4, 0.5) is 5.69 Å². The van der Waals surface area contributed by atoms with E-state index in [0.717, 1.165) is 28.9 Å². The molecule has 2 rings (SSSR count). The first-order valence-electron chi connectivity index (χ1n) is 8.49. The van der Waals surface area contributed by atoms with E-state index in [2.05, 4.69) is 15.8 Å². The lowest BCUT2D eigenvalue weighted by Crippen LogP contribution is -2.37. The molecule has 0 unspecified atom stereocenters. The predicted octanol–water partition coefficient (Wildman–Crippen LogP) is 4.77. The van der Waals surface area contributed by atoms with E-state index in [1.807, 2.05) is 69.3 Å². The van der Waals surface area contributed by atoms with E-state index in [-0.39, 0.29) is 11.9 Å². The molecule has 0 aliphatic carbocycles. The average molecular weight is 358 g/mol. The number of carbonyl (C=O) groups excluding carboxylic acids is 1. The Kier molecular flexibility index (Phi) is 7.02. The second-order valence-electron chi connectivity index (χ2n) is 5.82. The third-order valence-corrected chi connectivity index (χ3v) is 4.22. The maximum atomic E-state index is 12.5. The summed E-state index contributed by atoms with van der Waals surface area (Å²) in [4.78, 5) is 12.5. The van der Waals surface area contributed by atoms with Crippen LogP contribution in [-0.2, 0) is 4.79 Å². The number of carbonyl (C=O) groups is 1. The molecule has 1 atom stereocenters. The number of nitrogens with one attached hydrogen (secondary N) is 2. The Morgan fingerprint density at radius 1 is 1.16 bits per heavy atom. The van der Waals surface area contributed by atoms with Crippen LogP contribution in [0.2, 0.25) is 5.02 Å². The second kappa shape index (κ2) is 9.23. The van der Waals surface area contributed by atoms with Crippen LogP contribution in [0.15, 0.2) is 53.6 Å². The molecule has 132 valence electrons. The molecule has 0 radical (unpaired) electrons. The number of anilines is 1. The monoisotopic (exact) mass is 357 g/mol.